The zero-order valence-corrected chi connectivity index (χ0v) is 11.6. The van der Waals surface area contributed by atoms with Gasteiger partial charge in [0.15, 0.2) is 0 Å². The third-order valence-corrected chi connectivity index (χ3v) is 4.00. The van der Waals surface area contributed by atoms with E-state index in [4.69, 9.17) is 17.6 Å². The normalized spacial score (nSPS) is 16.3. The predicted molar refractivity (Wildman–Crippen MR) is 81.7 cm³/mol. The molecule has 2 N–H and O–H groups in total. The first-order valence-corrected chi connectivity index (χ1v) is 7.04. The van der Waals surface area contributed by atoms with E-state index < -0.39 is 0 Å². The zero-order valence-electron chi connectivity index (χ0n) is 10.8. The summed E-state index contributed by atoms with van der Waals surface area (Å²) in [5.41, 5.74) is 2.59. The van der Waals surface area contributed by atoms with Crippen LogP contribution in [0.15, 0.2) is 24.3 Å². The van der Waals surface area contributed by atoms with Crippen molar-refractivity contribution in [2.75, 3.05) is 5.32 Å². The Morgan fingerprint density at radius 1 is 1.17 bits per heavy atom. The van der Waals surface area contributed by atoms with E-state index in [-0.39, 0.29) is 0 Å². The van der Waals surface area contributed by atoms with Gasteiger partial charge in [-0.3, -0.25) is 0 Å². The molecule has 1 aliphatic rings. The molecule has 3 heteroatoms. The van der Waals surface area contributed by atoms with Crippen molar-refractivity contribution in [2.45, 2.75) is 39.0 Å². The maximum absolute atomic E-state index is 7.56. The van der Waals surface area contributed by atoms with Gasteiger partial charge in [-0.05, 0) is 37.5 Å². The summed E-state index contributed by atoms with van der Waals surface area (Å²) in [6, 6.07) is 7.94. The fourth-order valence-electron chi connectivity index (χ4n) is 2.41. The van der Waals surface area contributed by atoms with E-state index in [0.29, 0.717) is 11.6 Å². The quantitative estimate of drug-likeness (QED) is 0.624. The van der Waals surface area contributed by atoms with Crippen LogP contribution in [-0.4, -0.2) is 10.7 Å². The van der Waals surface area contributed by atoms with Crippen LogP contribution >= 0.6 is 12.2 Å². The molecule has 0 spiro atoms. The van der Waals surface area contributed by atoms with Gasteiger partial charge >= 0.3 is 0 Å². The highest BCUT2D eigenvalue weighted by Gasteiger charge is 2.17. The van der Waals surface area contributed by atoms with Gasteiger partial charge in [-0.1, -0.05) is 43.6 Å². The standard InChI is InChI=1S/C15H20N2S/c1-11(16)12-7-9-14(10-8-12)17-15(18)13-5-3-2-4-6-13/h7-10,13,16H,2-6H2,1H3,(H,17,18). The van der Waals surface area contributed by atoms with Crippen molar-refractivity contribution in [3.8, 4) is 0 Å². The van der Waals surface area contributed by atoms with Gasteiger partial charge in [0, 0.05) is 17.3 Å². The molecule has 0 heterocycles. The van der Waals surface area contributed by atoms with Gasteiger partial charge in [0.2, 0.25) is 0 Å². The SMILES string of the molecule is CC(=N)c1ccc(NC(=S)C2CCCCC2)cc1. The summed E-state index contributed by atoms with van der Waals surface area (Å²) in [5.74, 6) is 0.554. The second-order valence-corrected chi connectivity index (χ2v) is 5.47. The van der Waals surface area contributed by atoms with Gasteiger partial charge in [0.05, 0.1) is 4.99 Å². The van der Waals surface area contributed by atoms with Crippen molar-refractivity contribution in [3.63, 3.8) is 0 Å². The van der Waals surface area contributed by atoms with Gasteiger partial charge in [-0.25, -0.2) is 0 Å². The van der Waals surface area contributed by atoms with Crippen molar-refractivity contribution in [3.05, 3.63) is 29.8 Å². The van der Waals surface area contributed by atoms with Crippen LogP contribution in [0.1, 0.15) is 44.6 Å². The molecule has 1 fully saturated rings. The van der Waals surface area contributed by atoms with Gasteiger partial charge in [-0.2, -0.15) is 0 Å². The number of hydrogen-bond donors (Lipinski definition) is 2. The molecule has 0 saturated heterocycles. The zero-order chi connectivity index (χ0) is 13.0. The molecule has 1 aliphatic carbocycles. The van der Waals surface area contributed by atoms with Crippen molar-refractivity contribution < 1.29 is 0 Å². The predicted octanol–water partition coefficient (Wildman–Crippen LogP) is 4.39. The highest BCUT2D eigenvalue weighted by atomic mass is 32.1. The van der Waals surface area contributed by atoms with E-state index in [1.807, 2.05) is 24.3 Å². The fourth-order valence-corrected chi connectivity index (χ4v) is 2.77. The Balaban J connectivity index is 1.96. The van der Waals surface area contributed by atoms with Crippen LogP contribution in [0, 0.1) is 11.3 Å². The second-order valence-electron chi connectivity index (χ2n) is 5.03. The van der Waals surface area contributed by atoms with Crippen LogP contribution in [0.5, 0.6) is 0 Å². The molecule has 0 aliphatic heterocycles. The average Bonchev–Trinajstić information content (AvgIpc) is 2.40. The minimum atomic E-state index is 0.554. The number of benzene rings is 1. The number of thiocarbonyl (C=S) groups is 1. The number of nitrogens with one attached hydrogen (secondary N) is 2. The number of anilines is 1. The van der Waals surface area contributed by atoms with Crippen LogP contribution < -0.4 is 5.32 Å². The lowest BCUT2D eigenvalue weighted by molar-refractivity contribution is 0.442. The first-order chi connectivity index (χ1) is 8.66. The van der Waals surface area contributed by atoms with Crippen LogP contribution in [0.3, 0.4) is 0 Å². The van der Waals surface area contributed by atoms with E-state index in [9.17, 15) is 0 Å². The molecule has 1 saturated carbocycles. The second kappa shape index (κ2) is 6.10. The summed E-state index contributed by atoms with van der Waals surface area (Å²) in [6.07, 6.45) is 6.41. The molecule has 0 amide bonds. The molecular weight excluding hydrogens is 240 g/mol. The highest BCUT2D eigenvalue weighted by molar-refractivity contribution is 7.80. The topological polar surface area (TPSA) is 35.9 Å². The number of hydrogen-bond acceptors (Lipinski definition) is 2. The molecule has 1 aromatic carbocycles. The Morgan fingerprint density at radius 2 is 1.78 bits per heavy atom. The lowest BCUT2D eigenvalue weighted by Crippen LogP contribution is -2.22. The van der Waals surface area contributed by atoms with E-state index in [1.54, 1.807) is 6.92 Å². The maximum atomic E-state index is 7.56. The molecule has 0 aromatic heterocycles. The lowest BCUT2D eigenvalue weighted by Gasteiger charge is -2.23. The molecule has 96 valence electrons. The molecule has 2 rings (SSSR count). The molecule has 18 heavy (non-hydrogen) atoms. The van der Waals surface area contributed by atoms with E-state index in [1.165, 1.54) is 32.1 Å². The maximum Gasteiger partial charge on any atom is 0.0828 e. The van der Waals surface area contributed by atoms with E-state index in [2.05, 4.69) is 5.32 Å². The van der Waals surface area contributed by atoms with Gasteiger partial charge in [0.1, 0.15) is 0 Å². The minimum absolute atomic E-state index is 0.554. The molecule has 0 bridgehead atoms. The summed E-state index contributed by atoms with van der Waals surface area (Å²) in [7, 11) is 0. The lowest BCUT2D eigenvalue weighted by atomic mass is 9.89. The summed E-state index contributed by atoms with van der Waals surface area (Å²) in [5, 5.41) is 10.9. The Kier molecular flexibility index (Phi) is 4.48. The summed E-state index contributed by atoms with van der Waals surface area (Å²) in [6.45, 7) is 1.80. The Morgan fingerprint density at radius 3 is 2.33 bits per heavy atom. The summed E-state index contributed by atoms with van der Waals surface area (Å²) in [4.78, 5) is 0.981. The van der Waals surface area contributed by atoms with Crippen LogP contribution in [-0.2, 0) is 0 Å². The van der Waals surface area contributed by atoms with Crippen molar-refractivity contribution in [1.29, 1.82) is 5.41 Å². The summed E-state index contributed by atoms with van der Waals surface area (Å²) >= 11 is 5.49. The summed E-state index contributed by atoms with van der Waals surface area (Å²) < 4.78 is 0. The van der Waals surface area contributed by atoms with Crippen LogP contribution in [0.2, 0.25) is 0 Å². The van der Waals surface area contributed by atoms with E-state index in [0.717, 1.165) is 16.2 Å². The Labute approximate surface area is 114 Å². The van der Waals surface area contributed by atoms with Gasteiger partial charge < -0.3 is 10.7 Å². The smallest absolute Gasteiger partial charge is 0.0828 e. The van der Waals surface area contributed by atoms with Crippen molar-refractivity contribution >= 4 is 28.6 Å². The largest absolute Gasteiger partial charge is 0.350 e. The average molecular weight is 260 g/mol. The molecule has 2 nitrogen and oxygen atoms in total. The molecular formula is C15H20N2S. The van der Waals surface area contributed by atoms with E-state index >= 15 is 0 Å². The first-order valence-electron chi connectivity index (χ1n) is 6.63. The van der Waals surface area contributed by atoms with Crippen LogP contribution in [0.25, 0.3) is 0 Å². The van der Waals surface area contributed by atoms with Gasteiger partial charge in [-0.15, -0.1) is 0 Å². The van der Waals surface area contributed by atoms with Crippen molar-refractivity contribution in [2.24, 2.45) is 5.92 Å². The molecule has 0 unspecified atom stereocenters. The molecule has 0 atom stereocenters. The third kappa shape index (κ3) is 3.39. The Bertz CT molecular complexity index is 430. The minimum Gasteiger partial charge on any atom is -0.350 e. The first kappa shape index (κ1) is 13.2. The monoisotopic (exact) mass is 260 g/mol. The van der Waals surface area contributed by atoms with Crippen LogP contribution in [0.4, 0.5) is 5.69 Å². The van der Waals surface area contributed by atoms with Crippen molar-refractivity contribution in [1.82, 2.24) is 0 Å². The fraction of sp³-hybridized carbons (Fsp3) is 0.467. The number of rotatable bonds is 3. The highest BCUT2D eigenvalue weighted by Crippen LogP contribution is 2.25. The van der Waals surface area contributed by atoms with Gasteiger partial charge in [0.25, 0.3) is 0 Å². The molecule has 1 aromatic rings. The third-order valence-electron chi connectivity index (χ3n) is 3.56. The molecule has 0 radical (unpaired) electrons. The Hall–Kier alpha value is -1.22.